The molecule has 22 heavy (non-hydrogen) atoms. The summed E-state index contributed by atoms with van der Waals surface area (Å²) in [6.07, 6.45) is -5.60. The van der Waals surface area contributed by atoms with Gasteiger partial charge in [-0.3, -0.25) is 9.59 Å². The fourth-order valence-corrected chi connectivity index (χ4v) is 2.32. The Bertz CT molecular complexity index is 402. The van der Waals surface area contributed by atoms with Crippen LogP contribution in [0, 0.1) is 11.8 Å². The lowest BCUT2D eigenvalue weighted by molar-refractivity contribution is -0.188. The number of likely N-dealkylation sites (tertiary alicyclic amines) is 1. The Morgan fingerprint density at radius 1 is 1.32 bits per heavy atom. The fourth-order valence-electron chi connectivity index (χ4n) is 2.32. The van der Waals surface area contributed by atoms with Gasteiger partial charge in [0.1, 0.15) is 6.10 Å². The Balaban J connectivity index is 2.61. The standard InChI is InChI=1S/C13H20F3NO5/c1-3-21-4-5-22-8(2)11(18)17-6-9(12(19)20)10(7-17)13(14,15)16/h8-10H,3-7H2,1-2H3,(H,19,20)/t8?,9-,10-/m1/s1. The third-order valence-corrected chi connectivity index (χ3v) is 3.52. The van der Waals surface area contributed by atoms with Crippen LogP contribution >= 0.6 is 0 Å². The number of hydrogen-bond donors (Lipinski definition) is 1. The van der Waals surface area contributed by atoms with E-state index in [1.807, 2.05) is 0 Å². The van der Waals surface area contributed by atoms with Crippen LogP contribution in [0.1, 0.15) is 13.8 Å². The quantitative estimate of drug-likeness (QED) is 0.710. The Hall–Kier alpha value is -1.35. The van der Waals surface area contributed by atoms with Gasteiger partial charge in [0, 0.05) is 19.7 Å². The summed E-state index contributed by atoms with van der Waals surface area (Å²) in [5.41, 5.74) is 0. The monoisotopic (exact) mass is 327 g/mol. The lowest BCUT2D eigenvalue weighted by atomic mass is 9.96. The number of alkyl halides is 3. The van der Waals surface area contributed by atoms with Crippen LogP contribution in [-0.2, 0) is 19.1 Å². The SMILES string of the molecule is CCOCCOC(C)C(=O)N1C[C@@H](C(F)(F)F)[C@H](C(=O)O)C1. The second-order valence-electron chi connectivity index (χ2n) is 5.05. The van der Waals surface area contributed by atoms with Gasteiger partial charge in [-0.1, -0.05) is 0 Å². The van der Waals surface area contributed by atoms with Crippen molar-refractivity contribution in [2.24, 2.45) is 11.8 Å². The minimum absolute atomic E-state index is 0.139. The highest BCUT2D eigenvalue weighted by Crippen LogP contribution is 2.37. The molecule has 1 fully saturated rings. The van der Waals surface area contributed by atoms with Crippen LogP contribution in [0.4, 0.5) is 13.2 Å². The molecule has 1 rings (SSSR count). The molecule has 128 valence electrons. The van der Waals surface area contributed by atoms with E-state index in [1.165, 1.54) is 6.92 Å². The van der Waals surface area contributed by atoms with Gasteiger partial charge in [0.05, 0.1) is 25.0 Å². The molecule has 0 aromatic rings. The number of ether oxygens (including phenoxy) is 2. The molecule has 0 radical (unpaired) electrons. The van der Waals surface area contributed by atoms with Gasteiger partial charge in [0.15, 0.2) is 0 Å². The van der Waals surface area contributed by atoms with Crippen LogP contribution < -0.4 is 0 Å². The summed E-state index contributed by atoms with van der Waals surface area (Å²) < 4.78 is 48.8. The Morgan fingerprint density at radius 3 is 2.41 bits per heavy atom. The first kappa shape index (κ1) is 18.7. The number of nitrogens with zero attached hydrogens (tertiary/aromatic N) is 1. The minimum Gasteiger partial charge on any atom is -0.481 e. The minimum atomic E-state index is -4.66. The molecule has 0 saturated carbocycles. The van der Waals surface area contributed by atoms with E-state index in [-0.39, 0.29) is 13.2 Å². The Kier molecular flexibility index (Phi) is 6.61. The van der Waals surface area contributed by atoms with Gasteiger partial charge in [-0.25, -0.2) is 0 Å². The van der Waals surface area contributed by atoms with Crippen LogP contribution in [0.5, 0.6) is 0 Å². The number of halogens is 3. The molecule has 6 nitrogen and oxygen atoms in total. The summed E-state index contributed by atoms with van der Waals surface area (Å²) in [6, 6.07) is 0. The number of aliphatic carboxylic acids is 1. The van der Waals surface area contributed by atoms with E-state index in [1.54, 1.807) is 6.92 Å². The van der Waals surface area contributed by atoms with Crippen molar-refractivity contribution in [3.05, 3.63) is 0 Å². The number of carboxylic acid groups (broad SMARTS) is 1. The fraction of sp³-hybridized carbons (Fsp3) is 0.846. The van der Waals surface area contributed by atoms with E-state index in [0.717, 1.165) is 4.90 Å². The number of amides is 1. The molecule has 9 heteroatoms. The number of carboxylic acids is 1. The van der Waals surface area contributed by atoms with Crippen molar-refractivity contribution < 1.29 is 37.3 Å². The number of carbonyl (C=O) groups is 2. The van der Waals surface area contributed by atoms with Gasteiger partial charge in [-0.05, 0) is 13.8 Å². The average Bonchev–Trinajstić information content (AvgIpc) is 2.88. The van der Waals surface area contributed by atoms with Gasteiger partial charge in [0.2, 0.25) is 0 Å². The van der Waals surface area contributed by atoms with Crippen molar-refractivity contribution in [1.29, 1.82) is 0 Å². The summed E-state index contributed by atoms with van der Waals surface area (Å²) in [7, 11) is 0. The maximum absolute atomic E-state index is 12.8. The molecule has 1 amide bonds. The summed E-state index contributed by atoms with van der Waals surface area (Å²) in [5, 5.41) is 8.90. The number of hydrogen-bond acceptors (Lipinski definition) is 4. The van der Waals surface area contributed by atoms with Crippen molar-refractivity contribution in [2.75, 3.05) is 32.9 Å². The summed E-state index contributed by atoms with van der Waals surface area (Å²) >= 11 is 0. The van der Waals surface area contributed by atoms with E-state index in [0.29, 0.717) is 6.61 Å². The second-order valence-corrected chi connectivity index (χ2v) is 5.05. The van der Waals surface area contributed by atoms with E-state index in [2.05, 4.69) is 0 Å². The van der Waals surface area contributed by atoms with Crippen LogP contribution in [-0.4, -0.2) is 67.1 Å². The highest BCUT2D eigenvalue weighted by molar-refractivity contribution is 5.82. The van der Waals surface area contributed by atoms with Gasteiger partial charge in [0.25, 0.3) is 5.91 Å². The number of rotatable bonds is 7. The third-order valence-electron chi connectivity index (χ3n) is 3.52. The second kappa shape index (κ2) is 7.77. The first-order valence-electron chi connectivity index (χ1n) is 6.96. The smallest absolute Gasteiger partial charge is 0.394 e. The summed E-state index contributed by atoms with van der Waals surface area (Å²) in [6.45, 7) is 3.01. The molecule has 1 aliphatic rings. The van der Waals surface area contributed by atoms with Crippen molar-refractivity contribution in [3.8, 4) is 0 Å². The molecule has 1 unspecified atom stereocenters. The first-order valence-corrected chi connectivity index (χ1v) is 6.96. The molecule has 1 N–H and O–H groups in total. The Labute approximate surface area is 126 Å². The predicted molar refractivity (Wildman–Crippen MR) is 69.2 cm³/mol. The van der Waals surface area contributed by atoms with Gasteiger partial charge in [-0.15, -0.1) is 0 Å². The van der Waals surface area contributed by atoms with E-state index in [9.17, 15) is 22.8 Å². The zero-order chi connectivity index (χ0) is 16.9. The normalized spacial score (nSPS) is 23.6. The topological polar surface area (TPSA) is 76.1 Å². The van der Waals surface area contributed by atoms with Crippen LogP contribution in [0.15, 0.2) is 0 Å². The lowest BCUT2D eigenvalue weighted by Crippen LogP contribution is -2.39. The molecule has 0 aromatic carbocycles. The van der Waals surface area contributed by atoms with Crippen LogP contribution in [0.3, 0.4) is 0 Å². The molecular formula is C13H20F3NO5. The molecule has 1 saturated heterocycles. The molecule has 0 aliphatic carbocycles. The van der Waals surface area contributed by atoms with Crippen molar-refractivity contribution in [1.82, 2.24) is 4.90 Å². The first-order chi connectivity index (χ1) is 10.2. The van der Waals surface area contributed by atoms with Crippen molar-refractivity contribution >= 4 is 11.9 Å². The maximum Gasteiger partial charge on any atom is 0.394 e. The maximum atomic E-state index is 12.8. The molecular weight excluding hydrogens is 307 g/mol. The van der Waals surface area contributed by atoms with Crippen molar-refractivity contribution in [2.45, 2.75) is 26.1 Å². The molecule has 0 spiro atoms. The zero-order valence-corrected chi connectivity index (χ0v) is 12.4. The van der Waals surface area contributed by atoms with E-state index >= 15 is 0 Å². The molecule has 0 aromatic heterocycles. The predicted octanol–water partition coefficient (Wildman–Crippen LogP) is 1.15. The molecule has 1 heterocycles. The average molecular weight is 327 g/mol. The zero-order valence-electron chi connectivity index (χ0n) is 12.4. The summed E-state index contributed by atoms with van der Waals surface area (Å²) in [4.78, 5) is 23.9. The van der Waals surface area contributed by atoms with Gasteiger partial charge >= 0.3 is 12.1 Å². The lowest BCUT2D eigenvalue weighted by Gasteiger charge is -2.21. The summed E-state index contributed by atoms with van der Waals surface area (Å²) in [5.74, 6) is -5.89. The van der Waals surface area contributed by atoms with Gasteiger partial charge in [-0.2, -0.15) is 13.2 Å². The largest absolute Gasteiger partial charge is 0.481 e. The highest BCUT2D eigenvalue weighted by atomic mass is 19.4. The third kappa shape index (κ3) is 4.84. The van der Waals surface area contributed by atoms with E-state index < -0.39 is 49.1 Å². The Morgan fingerprint density at radius 2 is 1.95 bits per heavy atom. The van der Waals surface area contributed by atoms with Crippen molar-refractivity contribution in [3.63, 3.8) is 0 Å². The van der Waals surface area contributed by atoms with Crippen LogP contribution in [0.2, 0.25) is 0 Å². The molecule has 0 bridgehead atoms. The van der Waals surface area contributed by atoms with Gasteiger partial charge < -0.3 is 19.5 Å². The van der Waals surface area contributed by atoms with E-state index in [4.69, 9.17) is 14.6 Å². The molecule has 3 atom stereocenters. The number of carbonyl (C=O) groups excluding carboxylic acids is 1. The molecule has 1 aliphatic heterocycles. The van der Waals surface area contributed by atoms with Crippen LogP contribution in [0.25, 0.3) is 0 Å². The highest BCUT2D eigenvalue weighted by Gasteiger charge is 2.53.